The van der Waals surface area contributed by atoms with Crippen LogP contribution < -0.4 is 5.32 Å². The van der Waals surface area contributed by atoms with Gasteiger partial charge in [0, 0.05) is 18.6 Å². The summed E-state index contributed by atoms with van der Waals surface area (Å²) in [6.45, 7) is 4.53. The molecule has 0 aliphatic carbocycles. The molecule has 0 aromatic heterocycles. The van der Waals surface area contributed by atoms with Crippen LogP contribution in [0.15, 0.2) is 24.3 Å². The van der Waals surface area contributed by atoms with E-state index in [-0.39, 0.29) is 18.4 Å². The minimum absolute atomic E-state index is 0.0830. The Labute approximate surface area is 135 Å². The van der Waals surface area contributed by atoms with Crippen molar-refractivity contribution in [1.82, 2.24) is 10.2 Å². The van der Waals surface area contributed by atoms with Crippen molar-refractivity contribution in [1.29, 1.82) is 0 Å². The van der Waals surface area contributed by atoms with E-state index in [0.29, 0.717) is 17.5 Å². The predicted molar refractivity (Wildman–Crippen MR) is 84.6 cm³/mol. The van der Waals surface area contributed by atoms with Crippen molar-refractivity contribution in [2.45, 2.75) is 26.0 Å². The van der Waals surface area contributed by atoms with E-state index in [1.165, 1.54) is 0 Å². The van der Waals surface area contributed by atoms with E-state index >= 15 is 0 Å². The van der Waals surface area contributed by atoms with Gasteiger partial charge in [0.1, 0.15) is 6.61 Å². The Bertz CT molecular complexity index is 545. The standard InChI is InChI=1S/C16H21ClN2O3/c1-10(2)8-18-16(21)15-14(19(3)13(20)9-22-15)11-4-6-12(17)7-5-11/h4-7,10,14-15H,8-9H2,1-3H3,(H,18,21)/t14-,15+/m1/s1. The average Bonchev–Trinajstić information content (AvgIpc) is 2.48. The second kappa shape index (κ2) is 7.11. The predicted octanol–water partition coefficient (Wildman–Crippen LogP) is 2.01. The minimum Gasteiger partial charge on any atom is -0.356 e. The van der Waals surface area contributed by atoms with Crippen molar-refractivity contribution in [3.05, 3.63) is 34.9 Å². The quantitative estimate of drug-likeness (QED) is 0.921. The summed E-state index contributed by atoms with van der Waals surface area (Å²) in [5.41, 5.74) is 0.824. The van der Waals surface area contributed by atoms with Crippen LogP contribution in [-0.2, 0) is 14.3 Å². The summed E-state index contributed by atoms with van der Waals surface area (Å²) in [6.07, 6.45) is -0.720. The highest BCUT2D eigenvalue weighted by Crippen LogP contribution is 2.30. The number of halogens is 1. The molecule has 1 saturated heterocycles. The fourth-order valence-electron chi connectivity index (χ4n) is 2.39. The smallest absolute Gasteiger partial charge is 0.251 e. The third-order valence-electron chi connectivity index (χ3n) is 3.64. The third kappa shape index (κ3) is 3.78. The molecule has 1 N–H and O–H groups in total. The lowest BCUT2D eigenvalue weighted by molar-refractivity contribution is -0.162. The van der Waals surface area contributed by atoms with Crippen molar-refractivity contribution < 1.29 is 14.3 Å². The van der Waals surface area contributed by atoms with E-state index in [4.69, 9.17) is 16.3 Å². The molecule has 2 rings (SSSR count). The number of likely N-dealkylation sites (N-methyl/N-ethyl adjacent to an activating group) is 1. The molecule has 5 nitrogen and oxygen atoms in total. The molecule has 1 aliphatic rings. The number of amides is 2. The molecule has 0 radical (unpaired) electrons. The number of ether oxygens (including phenoxy) is 1. The van der Waals surface area contributed by atoms with Gasteiger partial charge in [-0.25, -0.2) is 0 Å². The topological polar surface area (TPSA) is 58.6 Å². The van der Waals surface area contributed by atoms with Crippen LogP contribution in [0.1, 0.15) is 25.5 Å². The lowest BCUT2D eigenvalue weighted by Crippen LogP contribution is -2.53. The molecule has 120 valence electrons. The second-order valence-corrected chi connectivity index (χ2v) is 6.31. The summed E-state index contributed by atoms with van der Waals surface area (Å²) < 4.78 is 5.52. The molecule has 0 spiro atoms. The Balaban J connectivity index is 2.24. The van der Waals surface area contributed by atoms with Crippen LogP contribution in [-0.4, -0.2) is 43.0 Å². The lowest BCUT2D eigenvalue weighted by Gasteiger charge is -2.38. The van der Waals surface area contributed by atoms with Crippen molar-refractivity contribution in [2.24, 2.45) is 5.92 Å². The van der Waals surface area contributed by atoms with Gasteiger partial charge in [-0.15, -0.1) is 0 Å². The monoisotopic (exact) mass is 324 g/mol. The Morgan fingerprint density at radius 1 is 1.41 bits per heavy atom. The van der Waals surface area contributed by atoms with Crippen LogP contribution in [0.4, 0.5) is 0 Å². The van der Waals surface area contributed by atoms with E-state index in [1.807, 2.05) is 26.0 Å². The molecule has 0 unspecified atom stereocenters. The first-order valence-electron chi connectivity index (χ1n) is 7.30. The van der Waals surface area contributed by atoms with E-state index in [0.717, 1.165) is 5.56 Å². The Morgan fingerprint density at radius 2 is 2.05 bits per heavy atom. The van der Waals surface area contributed by atoms with E-state index < -0.39 is 12.1 Å². The zero-order chi connectivity index (χ0) is 16.3. The average molecular weight is 325 g/mol. The fraction of sp³-hybridized carbons (Fsp3) is 0.500. The Hall–Kier alpha value is -1.59. The molecular weight excluding hydrogens is 304 g/mol. The van der Waals surface area contributed by atoms with Crippen LogP contribution in [0.25, 0.3) is 0 Å². The number of rotatable bonds is 4. The van der Waals surface area contributed by atoms with Crippen LogP contribution in [0, 0.1) is 5.92 Å². The largest absolute Gasteiger partial charge is 0.356 e. The number of hydrogen-bond donors (Lipinski definition) is 1. The molecule has 1 aliphatic heterocycles. The number of carbonyl (C=O) groups is 2. The highest BCUT2D eigenvalue weighted by Gasteiger charge is 2.39. The fourth-order valence-corrected chi connectivity index (χ4v) is 2.52. The van der Waals surface area contributed by atoms with E-state index in [2.05, 4.69) is 5.32 Å². The Kier molecular flexibility index (Phi) is 5.42. The summed E-state index contributed by atoms with van der Waals surface area (Å²) >= 11 is 5.91. The van der Waals surface area contributed by atoms with Gasteiger partial charge in [-0.05, 0) is 23.6 Å². The first-order valence-corrected chi connectivity index (χ1v) is 7.68. The zero-order valence-electron chi connectivity index (χ0n) is 13.0. The van der Waals surface area contributed by atoms with Crippen LogP contribution in [0.2, 0.25) is 5.02 Å². The van der Waals surface area contributed by atoms with Crippen LogP contribution in [0.5, 0.6) is 0 Å². The first kappa shape index (κ1) is 16.8. The number of nitrogens with zero attached hydrogens (tertiary/aromatic N) is 1. The number of morpholine rings is 1. The van der Waals surface area contributed by atoms with Gasteiger partial charge in [-0.1, -0.05) is 37.6 Å². The number of nitrogens with one attached hydrogen (secondary N) is 1. The molecule has 0 bridgehead atoms. The molecule has 0 saturated carbocycles. The molecular formula is C16H21ClN2O3. The normalized spacial score (nSPS) is 22.0. The summed E-state index contributed by atoms with van der Waals surface area (Å²) in [5.74, 6) is 0.00161. The molecule has 2 amide bonds. The van der Waals surface area contributed by atoms with Gasteiger partial charge in [-0.2, -0.15) is 0 Å². The maximum atomic E-state index is 12.4. The summed E-state index contributed by atoms with van der Waals surface area (Å²) in [7, 11) is 1.69. The molecule has 22 heavy (non-hydrogen) atoms. The molecule has 1 aromatic carbocycles. The summed E-state index contributed by atoms with van der Waals surface area (Å²) in [5, 5.41) is 3.48. The summed E-state index contributed by atoms with van der Waals surface area (Å²) in [4.78, 5) is 25.9. The minimum atomic E-state index is -0.720. The number of carbonyl (C=O) groups excluding carboxylic acids is 2. The van der Waals surface area contributed by atoms with Gasteiger partial charge in [0.15, 0.2) is 6.10 Å². The molecule has 1 heterocycles. The highest BCUT2D eigenvalue weighted by atomic mass is 35.5. The molecule has 2 atom stereocenters. The van der Waals surface area contributed by atoms with Crippen molar-refractivity contribution >= 4 is 23.4 Å². The van der Waals surface area contributed by atoms with Gasteiger partial charge < -0.3 is 15.0 Å². The van der Waals surface area contributed by atoms with Gasteiger partial charge in [0.25, 0.3) is 5.91 Å². The van der Waals surface area contributed by atoms with E-state index in [9.17, 15) is 9.59 Å². The zero-order valence-corrected chi connectivity index (χ0v) is 13.8. The van der Waals surface area contributed by atoms with Crippen LogP contribution >= 0.6 is 11.6 Å². The molecule has 1 aromatic rings. The van der Waals surface area contributed by atoms with Crippen molar-refractivity contribution in [2.75, 3.05) is 20.2 Å². The van der Waals surface area contributed by atoms with Gasteiger partial charge >= 0.3 is 0 Å². The Morgan fingerprint density at radius 3 is 2.64 bits per heavy atom. The van der Waals surface area contributed by atoms with Gasteiger partial charge in [0.05, 0.1) is 6.04 Å². The lowest BCUT2D eigenvalue weighted by atomic mass is 9.97. The number of benzene rings is 1. The van der Waals surface area contributed by atoms with Crippen LogP contribution in [0.3, 0.4) is 0 Å². The second-order valence-electron chi connectivity index (χ2n) is 5.87. The van der Waals surface area contributed by atoms with Crippen molar-refractivity contribution in [3.8, 4) is 0 Å². The van der Waals surface area contributed by atoms with Gasteiger partial charge in [0.2, 0.25) is 5.91 Å². The van der Waals surface area contributed by atoms with Crippen molar-refractivity contribution in [3.63, 3.8) is 0 Å². The molecule has 1 fully saturated rings. The maximum Gasteiger partial charge on any atom is 0.251 e. The highest BCUT2D eigenvalue weighted by molar-refractivity contribution is 6.30. The number of hydrogen-bond acceptors (Lipinski definition) is 3. The third-order valence-corrected chi connectivity index (χ3v) is 3.89. The first-order chi connectivity index (χ1) is 10.4. The SMILES string of the molecule is CC(C)CNC(=O)[C@H]1OCC(=O)N(C)[C@@H]1c1ccc(Cl)cc1. The van der Waals surface area contributed by atoms with E-state index in [1.54, 1.807) is 24.1 Å². The van der Waals surface area contributed by atoms with Gasteiger partial charge in [-0.3, -0.25) is 9.59 Å². The maximum absolute atomic E-state index is 12.4. The summed E-state index contributed by atoms with van der Waals surface area (Å²) in [6, 6.07) is 6.66. The molecule has 6 heteroatoms.